The molecule has 1 aliphatic heterocycles. The van der Waals surface area contributed by atoms with Gasteiger partial charge in [-0.15, -0.1) is 0 Å². The Hall–Kier alpha value is -2.04. The van der Waals surface area contributed by atoms with Crippen LogP contribution in [0.2, 0.25) is 0 Å². The molecule has 0 bridgehead atoms. The number of aryl methyl sites for hydroxylation is 1. The van der Waals surface area contributed by atoms with Gasteiger partial charge in [0.1, 0.15) is 0 Å². The summed E-state index contributed by atoms with van der Waals surface area (Å²) < 4.78 is 0. The molecule has 5 heteroatoms. The van der Waals surface area contributed by atoms with E-state index in [1.807, 2.05) is 4.90 Å². The van der Waals surface area contributed by atoms with Crippen molar-refractivity contribution in [2.24, 2.45) is 4.99 Å². The number of hydrogen-bond acceptors (Lipinski definition) is 2. The number of benzene rings is 1. The van der Waals surface area contributed by atoms with E-state index in [0.717, 1.165) is 51.5 Å². The molecule has 1 aromatic carbocycles. The fraction of sp³-hybridized carbons (Fsp3) is 0.600. The molecule has 1 aromatic rings. The van der Waals surface area contributed by atoms with Crippen LogP contribution >= 0.6 is 0 Å². The summed E-state index contributed by atoms with van der Waals surface area (Å²) in [6.45, 7) is 10.6. The van der Waals surface area contributed by atoms with Gasteiger partial charge in [0, 0.05) is 45.1 Å². The van der Waals surface area contributed by atoms with Crippen molar-refractivity contribution in [1.82, 2.24) is 15.5 Å². The van der Waals surface area contributed by atoms with E-state index < -0.39 is 0 Å². The number of carbonyl (C=O) groups is 1. The van der Waals surface area contributed by atoms with Gasteiger partial charge in [-0.25, -0.2) is 0 Å². The Balaban J connectivity index is 1.77. The standard InChI is InChI=1S/C20H32N4O/c1-4-21-20(22-12-6-14-24-13-5-7-19(24)25)23-15-17(3)18-10-8-16(2)9-11-18/h8-11,17H,4-7,12-15H2,1-3H3,(H2,21,22,23). The summed E-state index contributed by atoms with van der Waals surface area (Å²) >= 11 is 0. The highest BCUT2D eigenvalue weighted by Crippen LogP contribution is 2.16. The first kappa shape index (κ1) is 19.3. The van der Waals surface area contributed by atoms with Crippen LogP contribution in [0.15, 0.2) is 29.3 Å². The highest BCUT2D eigenvalue weighted by molar-refractivity contribution is 5.80. The van der Waals surface area contributed by atoms with Crippen molar-refractivity contribution in [2.45, 2.75) is 46.0 Å². The summed E-state index contributed by atoms with van der Waals surface area (Å²) in [6, 6.07) is 8.67. The maximum atomic E-state index is 11.6. The van der Waals surface area contributed by atoms with Gasteiger partial charge < -0.3 is 15.5 Å². The first-order chi connectivity index (χ1) is 12.1. The van der Waals surface area contributed by atoms with Crippen LogP contribution in [-0.2, 0) is 4.79 Å². The lowest BCUT2D eigenvalue weighted by atomic mass is 10.0. The average molecular weight is 345 g/mol. The monoisotopic (exact) mass is 344 g/mol. The molecule has 2 rings (SSSR count). The molecule has 0 aliphatic carbocycles. The van der Waals surface area contributed by atoms with Gasteiger partial charge in [-0.05, 0) is 32.3 Å². The first-order valence-electron chi connectivity index (χ1n) is 9.46. The molecule has 1 saturated heterocycles. The molecular formula is C20H32N4O. The minimum absolute atomic E-state index is 0.299. The van der Waals surface area contributed by atoms with Gasteiger partial charge in [0.2, 0.25) is 5.91 Å². The second-order valence-electron chi connectivity index (χ2n) is 6.80. The molecule has 0 aromatic heterocycles. The van der Waals surface area contributed by atoms with Crippen molar-refractivity contribution < 1.29 is 4.79 Å². The van der Waals surface area contributed by atoms with Crippen molar-refractivity contribution >= 4 is 11.9 Å². The van der Waals surface area contributed by atoms with Crippen molar-refractivity contribution in [3.8, 4) is 0 Å². The average Bonchev–Trinajstić information content (AvgIpc) is 3.01. The Kier molecular flexibility index (Phi) is 7.76. The second kappa shape index (κ2) is 10.1. The van der Waals surface area contributed by atoms with E-state index in [0.29, 0.717) is 18.2 Å². The summed E-state index contributed by atoms with van der Waals surface area (Å²) in [5.41, 5.74) is 2.60. The van der Waals surface area contributed by atoms with E-state index in [2.05, 4.69) is 55.7 Å². The predicted molar refractivity (Wildman–Crippen MR) is 104 cm³/mol. The fourth-order valence-corrected chi connectivity index (χ4v) is 2.99. The maximum Gasteiger partial charge on any atom is 0.222 e. The Morgan fingerprint density at radius 2 is 2.04 bits per heavy atom. The molecule has 0 spiro atoms. The Bertz CT molecular complexity index is 568. The fourth-order valence-electron chi connectivity index (χ4n) is 2.99. The predicted octanol–water partition coefficient (Wildman–Crippen LogP) is 2.67. The van der Waals surface area contributed by atoms with Crippen LogP contribution in [0.3, 0.4) is 0 Å². The summed E-state index contributed by atoms with van der Waals surface area (Å²) in [4.78, 5) is 18.3. The number of guanidine groups is 1. The van der Waals surface area contributed by atoms with Gasteiger partial charge in [0.15, 0.2) is 5.96 Å². The van der Waals surface area contributed by atoms with Gasteiger partial charge in [-0.1, -0.05) is 36.8 Å². The highest BCUT2D eigenvalue weighted by atomic mass is 16.2. The van der Waals surface area contributed by atoms with Crippen molar-refractivity contribution in [1.29, 1.82) is 0 Å². The third-order valence-electron chi connectivity index (χ3n) is 4.58. The lowest BCUT2D eigenvalue weighted by Gasteiger charge is -2.17. The normalized spacial score (nSPS) is 16.2. The Morgan fingerprint density at radius 3 is 2.68 bits per heavy atom. The number of rotatable bonds is 8. The highest BCUT2D eigenvalue weighted by Gasteiger charge is 2.18. The number of aliphatic imine (C=N–C) groups is 1. The number of carbonyl (C=O) groups excluding carboxylic acids is 1. The molecule has 1 amide bonds. The molecule has 1 heterocycles. The molecule has 0 saturated carbocycles. The quantitative estimate of drug-likeness (QED) is 0.433. The minimum Gasteiger partial charge on any atom is -0.357 e. The number of amides is 1. The summed E-state index contributed by atoms with van der Waals surface area (Å²) in [7, 11) is 0. The second-order valence-corrected chi connectivity index (χ2v) is 6.80. The van der Waals surface area contributed by atoms with Crippen LogP contribution in [0.4, 0.5) is 0 Å². The van der Waals surface area contributed by atoms with Crippen molar-refractivity contribution in [2.75, 3.05) is 32.7 Å². The maximum absolute atomic E-state index is 11.6. The Labute approximate surface area is 151 Å². The lowest BCUT2D eigenvalue weighted by molar-refractivity contribution is -0.127. The molecule has 5 nitrogen and oxygen atoms in total. The third kappa shape index (κ3) is 6.40. The van der Waals surface area contributed by atoms with E-state index in [-0.39, 0.29) is 0 Å². The Morgan fingerprint density at radius 1 is 1.28 bits per heavy atom. The van der Waals surface area contributed by atoms with Gasteiger partial charge in [0.25, 0.3) is 0 Å². The van der Waals surface area contributed by atoms with Gasteiger partial charge >= 0.3 is 0 Å². The number of nitrogens with zero attached hydrogens (tertiary/aromatic N) is 2. The number of nitrogens with one attached hydrogen (secondary N) is 2. The zero-order valence-corrected chi connectivity index (χ0v) is 15.8. The van der Waals surface area contributed by atoms with E-state index >= 15 is 0 Å². The molecule has 0 radical (unpaired) electrons. The van der Waals surface area contributed by atoms with Crippen LogP contribution < -0.4 is 10.6 Å². The van der Waals surface area contributed by atoms with E-state index in [1.165, 1.54) is 11.1 Å². The molecule has 1 atom stereocenters. The van der Waals surface area contributed by atoms with Crippen molar-refractivity contribution in [3.63, 3.8) is 0 Å². The topological polar surface area (TPSA) is 56.7 Å². The van der Waals surface area contributed by atoms with Crippen LogP contribution in [0.5, 0.6) is 0 Å². The molecule has 2 N–H and O–H groups in total. The molecule has 1 aliphatic rings. The molecule has 25 heavy (non-hydrogen) atoms. The third-order valence-corrected chi connectivity index (χ3v) is 4.58. The van der Waals surface area contributed by atoms with Gasteiger partial charge in [0.05, 0.1) is 0 Å². The summed E-state index contributed by atoms with van der Waals surface area (Å²) in [5.74, 6) is 1.54. The van der Waals surface area contributed by atoms with Gasteiger partial charge in [-0.2, -0.15) is 0 Å². The SMILES string of the molecule is CCNC(=NCC(C)c1ccc(C)cc1)NCCCN1CCCC1=O. The number of hydrogen-bond donors (Lipinski definition) is 2. The van der Waals surface area contributed by atoms with E-state index in [4.69, 9.17) is 4.99 Å². The van der Waals surface area contributed by atoms with Crippen molar-refractivity contribution in [3.05, 3.63) is 35.4 Å². The van der Waals surface area contributed by atoms with Crippen LogP contribution in [0.1, 0.15) is 50.2 Å². The van der Waals surface area contributed by atoms with Crippen LogP contribution in [0, 0.1) is 6.92 Å². The summed E-state index contributed by atoms with van der Waals surface area (Å²) in [6.07, 6.45) is 2.67. The van der Waals surface area contributed by atoms with E-state index in [9.17, 15) is 4.79 Å². The molecule has 1 fully saturated rings. The number of likely N-dealkylation sites (tertiary alicyclic amines) is 1. The molecule has 138 valence electrons. The van der Waals surface area contributed by atoms with Crippen LogP contribution in [-0.4, -0.2) is 49.5 Å². The van der Waals surface area contributed by atoms with E-state index in [1.54, 1.807) is 0 Å². The molecule has 1 unspecified atom stereocenters. The summed E-state index contributed by atoms with van der Waals surface area (Å²) in [5, 5.41) is 6.67. The zero-order chi connectivity index (χ0) is 18.1. The lowest BCUT2D eigenvalue weighted by Crippen LogP contribution is -2.39. The largest absolute Gasteiger partial charge is 0.357 e. The van der Waals surface area contributed by atoms with Crippen LogP contribution in [0.25, 0.3) is 0 Å². The zero-order valence-electron chi connectivity index (χ0n) is 15.8. The smallest absolute Gasteiger partial charge is 0.222 e. The first-order valence-corrected chi connectivity index (χ1v) is 9.46. The molecular weight excluding hydrogens is 312 g/mol. The van der Waals surface area contributed by atoms with Gasteiger partial charge in [-0.3, -0.25) is 9.79 Å². The minimum atomic E-state index is 0.299.